The molecule has 7 nitrogen and oxygen atoms in total. The summed E-state index contributed by atoms with van der Waals surface area (Å²) in [6.07, 6.45) is 4.62. The van der Waals surface area contributed by atoms with Crippen LogP contribution in [-0.4, -0.2) is 38.0 Å². The minimum Gasteiger partial charge on any atom is -0.345 e. The minimum absolute atomic E-state index is 0.180. The van der Waals surface area contributed by atoms with Crippen LogP contribution in [0.5, 0.6) is 0 Å². The summed E-state index contributed by atoms with van der Waals surface area (Å²) < 4.78 is 3.69. The molecule has 1 saturated heterocycles. The van der Waals surface area contributed by atoms with Gasteiger partial charge in [-0.15, -0.1) is 0 Å². The van der Waals surface area contributed by atoms with Crippen molar-refractivity contribution in [3.8, 4) is 0 Å². The summed E-state index contributed by atoms with van der Waals surface area (Å²) in [5, 5.41) is 2.83. The predicted octanol–water partition coefficient (Wildman–Crippen LogP) is 2.13. The molecule has 0 spiro atoms. The molecular weight excluding hydrogens is 390 g/mol. The number of rotatable bonds is 5. The molecular formula is C24H27N5O2. The Kier molecular flexibility index (Phi) is 5.19. The number of piperidine rings is 1. The molecule has 4 heterocycles. The smallest absolute Gasteiger partial charge is 0.263 e. The number of carbonyl (C=O) groups excluding carboxylic acids is 1. The molecule has 2 aliphatic heterocycles. The Morgan fingerprint density at radius 1 is 1.13 bits per heavy atom. The van der Waals surface area contributed by atoms with Gasteiger partial charge in [-0.25, -0.2) is 4.98 Å². The summed E-state index contributed by atoms with van der Waals surface area (Å²) in [5.74, 6) is 1.16. The van der Waals surface area contributed by atoms with Crippen molar-refractivity contribution in [2.45, 2.75) is 32.0 Å². The number of amides is 1. The number of aryl methyl sites for hydroxylation is 1. The molecule has 0 saturated carbocycles. The maximum Gasteiger partial charge on any atom is 0.263 e. The lowest BCUT2D eigenvalue weighted by Gasteiger charge is -2.43. The second kappa shape index (κ2) is 8.15. The number of fused-ring (bicyclic) bond motifs is 4. The lowest BCUT2D eigenvalue weighted by molar-refractivity contribution is 0.0942. The van der Waals surface area contributed by atoms with Crippen LogP contribution in [0.15, 0.2) is 59.7 Å². The van der Waals surface area contributed by atoms with Crippen molar-refractivity contribution in [1.82, 2.24) is 24.3 Å². The number of imidazole rings is 1. The van der Waals surface area contributed by atoms with E-state index < -0.39 is 0 Å². The summed E-state index contributed by atoms with van der Waals surface area (Å²) in [4.78, 5) is 32.6. The molecule has 7 heteroatoms. The van der Waals surface area contributed by atoms with Crippen molar-refractivity contribution in [2.24, 2.45) is 13.0 Å². The Morgan fingerprint density at radius 2 is 1.97 bits per heavy atom. The number of nitrogens with zero attached hydrogens (tertiary/aromatic N) is 4. The molecule has 2 atom stereocenters. The van der Waals surface area contributed by atoms with Crippen molar-refractivity contribution in [2.75, 3.05) is 13.1 Å². The molecule has 2 aliphatic rings. The van der Waals surface area contributed by atoms with Crippen molar-refractivity contribution in [3.05, 3.63) is 87.9 Å². The van der Waals surface area contributed by atoms with Crippen molar-refractivity contribution in [1.29, 1.82) is 0 Å². The first-order valence-corrected chi connectivity index (χ1v) is 10.8. The van der Waals surface area contributed by atoms with E-state index in [2.05, 4.69) is 39.5 Å². The third kappa shape index (κ3) is 3.93. The first-order chi connectivity index (χ1) is 15.1. The lowest BCUT2D eigenvalue weighted by Crippen LogP contribution is -2.47. The van der Waals surface area contributed by atoms with E-state index in [1.165, 1.54) is 5.56 Å². The molecule has 2 bridgehead atoms. The highest BCUT2D eigenvalue weighted by molar-refractivity contribution is 5.93. The fourth-order valence-corrected chi connectivity index (χ4v) is 5.01. The molecule has 2 aromatic heterocycles. The Bertz CT molecular complexity index is 1150. The van der Waals surface area contributed by atoms with Crippen LogP contribution in [0.25, 0.3) is 0 Å². The van der Waals surface area contributed by atoms with Gasteiger partial charge in [-0.1, -0.05) is 30.3 Å². The van der Waals surface area contributed by atoms with Crippen LogP contribution in [0, 0.1) is 5.92 Å². The fraction of sp³-hybridized carbons (Fsp3) is 0.375. The average Bonchev–Trinajstić information content (AvgIpc) is 3.18. The molecule has 0 unspecified atom stereocenters. The van der Waals surface area contributed by atoms with E-state index in [1.807, 2.05) is 34.5 Å². The molecule has 31 heavy (non-hydrogen) atoms. The minimum atomic E-state index is -0.343. The van der Waals surface area contributed by atoms with E-state index in [9.17, 15) is 9.59 Å². The van der Waals surface area contributed by atoms with Crippen LogP contribution < -0.4 is 10.9 Å². The monoisotopic (exact) mass is 417 g/mol. The molecule has 1 N–H and O–H groups in total. The highest BCUT2D eigenvalue weighted by atomic mass is 16.2. The van der Waals surface area contributed by atoms with Gasteiger partial charge in [0.15, 0.2) is 0 Å². The summed E-state index contributed by atoms with van der Waals surface area (Å²) >= 11 is 0. The highest BCUT2D eigenvalue weighted by Gasteiger charge is 2.35. The molecule has 1 fully saturated rings. The van der Waals surface area contributed by atoms with E-state index in [-0.39, 0.29) is 17.0 Å². The van der Waals surface area contributed by atoms with E-state index in [4.69, 9.17) is 0 Å². The number of likely N-dealkylation sites (tertiary alicyclic amines) is 1. The zero-order valence-electron chi connectivity index (χ0n) is 17.7. The standard InChI is InChI=1S/C24H27N5O2/c1-27-10-9-25-22(27)12-26-23(30)20-7-8-21-19-11-18(15-29(21)24(20)31)14-28(16-19)13-17-5-3-2-4-6-17/h2-10,18-19H,11-16H2,1H3,(H,26,30)/t18-,19+/m0/s1. The third-order valence-electron chi connectivity index (χ3n) is 6.50. The van der Waals surface area contributed by atoms with Crippen LogP contribution in [0.4, 0.5) is 0 Å². The van der Waals surface area contributed by atoms with Crippen LogP contribution >= 0.6 is 0 Å². The number of benzene rings is 1. The Morgan fingerprint density at radius 3 is 2.74 bits per heavy atom. The van der Waals surface area contributed by atoms with Gasteiger partial charge in [-0.2, -0.15) is 0 Å². The second-order valence-electron chi connectivity index (χ2n) is 8.70. The number of aromatic nitrogens is 3. The molecule has 5 rings (SSSR count). The number of hydrogen-bond acceptors (Lipinski definition) is 4. The fourth-order valence-electron chi connectivity index (χ4n) is 5.01. The van der Waals surface area contributed by atoms with Crippen molar-refractivity contribution < 1.29 is 4.79 Å². The Balaban J connectivity index is 1.33. The quantitative estimate of drug-likeness (QED) is 0.690. The SMILES string of the molecule is Cn1ccnc1CNC(=O)c1ccc2n(c1=O)C[C@H]1C[C@@H]2CN(Cc2ccccc2)C1. The molecule has 3 aromatic rings. The Labute approximate surface area is 181 Å². The largest absolute Gasteiger partial charge is 0.345 e. The molecule has 0 aliphatic carbocycles. The van der Waals surface area contributed by atoms with E-state index in [0.29, 0.717) is 24.9 Å². The number of hydrogen-bond donors (Lipinski definition) is 1. The Hall–Kier alpha value is -3.19. The zero-order chi connectivity index (χ0) is 21.4. The molecule has 0 radical (unpaired) electrons. The van der Waals surface area contributed by atoms with E-state index in [0.717, 1.165) is 37.6 Å². The summed E-state index contributed by atoms with van der Waals surface area (Å²) in [6, 6.07) is 14.2. The van der Waals surface area contributed by atoms with Crippen LogP contribution in [0.2, 0.25) is 0 Å². The van der Waals surface area contributed by atoms with Gasteiger partial charge in [-0.05, 0) is 30.0 Å². The van der Waals surface area contributed by atoms with E-state index in [1.54, 1.807) is 12.3 Å². The predicted molar refractivity (Wildman–Crippen MR) is 118 cm³/mol. The van der Waals surface area contributed by atoms with Gasteiger partial charge in [-0.3, -0.25) is 14.5 Å². The number of pyridine rings is 1. The van der Waals surface area contributed by atoms with Crippen LogP contribution in [0.1, 0.15) is 39.8 Å². The van der Waals surface area contributed by atoms with Gasteiger partial charge in [0.25, 0.3) is 11.5 Å². The first kappa shape index (κ1) is 19.8. The van der Waals surface area contributed by atoms with Gasteiger partial charge in [0.2, 0.25) is 0 Å². The highest BCUT2D eigenvalue weighted by Crippen LogP contribution is 2.35. The first-order valence-electron chi connectivity index (χ1n) is 10.8. The van der Waals surface area contributed by atoms with Crippen LogP contribution in [0.3, 0.4) is 0 Å². The third-order valence-corrected chi connectivity index (χ3v) is 6.50. The molecule has 160 valence electrons. The normalized spacial score (nSPS) is 20.3. The van der Waals surface area contributed by atoms with Crippen LogP contribution in [-0.2, 0) is 26.7 Å². The van der Waals surface area contributed by atoms with Crippen molar-refractivity contribution in [3.63, 3.8) is 0 Å². The van der Waals surface area contributed by atoms with E-state index >= 15 is 0 Å². The van der Waals surface area contributed by atoms with Gasteiger partial charge in [0.05, 0.1) is 6.54 Å². The molecule has 1 amide bonds. The molecule has 1 aromatic carbocycles. The second-order valence-corrected chi connectivity index (χ2v) is 8.70. The topological polar surface area (TPSA) is 72.2 Å². The number of carbonyl (C=O) groups is 1. The zero-order valence-corrected chi connectivity index (χ0v) is 17.7. The average molecular weight is 418 g/mol. The van der Waals surface area contributed by atoms with Gasteiger partial charge in [0, 0.05) is 57.2 Å². The summed E-state index contributed by atoms with van der Waals surface area (Å²) in [7, 11) is 1.88. The van der Waals surface area contributed by atoms with Crippen molar-refractivity contribution >= 4 is 5.91 Å². The maximum atomic E-state index is 13.2. The van der Waals surface area contributed by atoms with Gasteiger partial charge >= 0.3 is 0 Å². The van der Waals surface area contributed by atoms with Gasteiger partial charge in [0.1, 0.15) is 11.4 Å². The summed E-state index contributed by atoms with van der Waals surface area (Å²) in [6.45, 7) is 3.83. The maximum absolute atomic E-state index is 13.2. The number of nitrogens with one attached hydrogen (secondary N) is 1. The van der Waals surface area contributed by atoms with Gasteiger partial charge < -0.3 is 14.5 Å². The summed E-state index contributed by atoms with van der Waals surface area (Å²) in [5.41, 5.74) is 2.40. The lowest BCUT2D eigenvalue weighted by atomic mass is 9.82.